The van der Waals surface area contributed by atoms with E-state index in [1.54, 1.807) is 19.1 Å². The van der Waals surface area contributed by atoms with Gasteiger partial charge in [-0.05, 0) is 56.3 Å². The minimum atomic E-state index is -0.346. The number of para-hydroxylation sites is 1. The fourth-order valence-electron chi connectivity index (χ4n) is 3.53. The van der Waals surface area contributed by atoms with Crippen molar-refractivity contribution in [2.24, 2.45) is 5.10 Å². The Morgan fingerprint density at radius 1 is 1.03 bits per heavy atom. The maximum atomic E-state index is 13.2. The summed E-state index contributed by atoms with van der Waals surface area (Å²) in [5.74, 6) is -0.683. The fourth-order valence-corrected chi connectivity index (χ4v) is 4.92. The van der Waals surface area contributed by atoms with Gasteiger partial charge in [-0.15, -0.1) is 11.3 Å². The van der Waals surface area contributed by atoms with E-state index in [0.717, 1.165) is 21.6 Å². The van der Waals surface area contributed by atoms with Gasteiger partial charge in [0.1, 0.15) is 15.8 Å². The molecule has 2 aromatic carbocycles. The highest BCUT2D eigenvalue weighted by Crippen LogP contribution is 2.30. The van der Waals surface area contributed by atoms with Crippen molar-refractivity contribution < 1.29 is 9.18 Å². The highest BCUT2D eigenvalue weighted by Gasteiger charge is 2.17. The van der Waals surface area contributed by atoms with Crippen molar-refractivity contribution in [3.05, 3.63) is 93.5 Å². The number of nitrogens with one attached hydrogen (secondary N) is 1. The van der Waals surface area contributed by atoms with Gasteiger partial charge in [-0.2, -0.15) is 15.3 Å². The van der Waals surface area contributed by atoms with Gasteiger partial charge < -0.3 is 0 Å². The lowest BCUT2D eigenvalue weighted by atomic mass is 10.3. The molecule has 34 heavy (non-hydrogen) atoms. The van der Waals surface area contributed by atoms with Gasteiger partial charge in [-0.3, -0.25) is 4.79 Å². The number of thiophene rings is 1. The van der Waals surface area contributed by atoms with Crippen LogP contribution in [0.2, 0.25) is 5.15 Å². The van der Waals surface area contributed by atoms with Crippen LogP contribution >= 0.6 is 22.9 Å². The number of rotatable bonds is 5. The van der Waals surface area contributed by atoms with Crippen LogP contribution in [0, 0.1) is 19.7 Å². The first-order chi connectivity index (χ1) is 16.4. The number of amides is 1. The summed E-state index contributed by atoms with van der Waals surface area (Å²) in [4.78, 5) is 14.2. The molecule has 0 spiro atoms. The van der Waals surface area contributed by atoms with E-state index in [1.165, 1.54) is 34.4 Å². The molecule has 0 aliphatic rings. The Morgan fingerprint density at radius 3 is 2.44 bits per heavy atom. The molecular weight excluding hydrogens is 475 g/mol. The average molecular weight is 493 g/mol. The van der Waals surface area contributed by atoms with E-state index >= 15 is 0 Å². The minimum absolute atomic E-state index is 0.308. The number of carbonyl (C=O) groups is 1. The maximum Gasteiger partial charge on any atom is 0.281 e. The van der Waals surface area contributed by atoms with Gasteiger partial charge in [-0.1, -0.05) is 29.8 Å². The van der Waals surface area contributed by atoms with Gasteiger partial charge in [0, 0.05) is 5.39 Å². The molecule has 0 aliphatic heterocycles. The Balaban J connectivity index is 1.37. The van der Waals surface area contributed by atoms with Gasteiger partial charge in [0.05, 0.1) is 39.4 Å². The molecule has 7 nitrogen and oxygen atoms in total. The van der Waals surface area contributed by atoms with Crippen LogP contribution < -0.4 is 5.43 Å². The summed E-state index contributed by atoms with van der Waals surface area (Å²) < 4.78 is 16.5. The molecule has 0 atom stereocenters. The number of aromatic nitrogens is 4. The van der Waals surface area contributed by atoms with Crippen LogP contribution in [0.4, 0.5) is 4.39 Å². The van der Waals surface area contributed by atoms with Crippen LogP contribution in [-0.2, 0) is 0 Å². The predicted octanol–water partition coefficient (Wildman–Crippen LogP) is 5.45. The van der Waals surface area contributed by atoms with Crippen molar-refractivity contribution in [3.63, 3.8) is 0 Å². The van der Waals surface area contributed by atoms with Crippen molar-refractivity contribution >= 4 is 45.3 Å². The topological polar surface area (TPSA) is 77.1 Å². The monoisotopic (exact) mass is 492 g/mol. The molecule has 0 fully saturated rings. The summed E-state index contributed by atoms with van der Waals surface area (Å²) in [5.41, 5.74) is 6.11. The SMILES string of the molecule is Cc1nn(-c2ccc(F)cc2)c(Cl)c1/C=N/NC(=O)c1cc2c(C)nn(-c3ccccc3)c2s1. The molecule has 0 aliphatic carbocycles. The van der Waals surface area contributed by atoms with Crippen molar-refractivity contribution in [2.75, 3.05) is 0 Å². The van der Waals surface area contributed by atoms with Crippen LogP contribution in [0.5, 0.6) is 0 Å². The predicted molar refractivity (Wildman–Crippen MR) is 132 cm³/mol. The third kappa shape index (κ3) is 4.00. The van der Waals surface area contributed by atoms with E-state index in [9.17, 15) is 9.18 Å². The smallest absolute Gasteiger partial charge is 0.266 e. The molecular formula is C24H18ClFN6OS. The molecule has 3 aromatic heterocycles. The van der Waals surface area contributed by atoms with E-state index in [1.807, 2.05) is 48.0 Å². The number of hydrazone groups is 1. The van der Waals surface area contributed by atoms with Crippen LogP contribution in [0.3, 0.4) is 0 Å². The lowest BCUT2D eigenvalue weighted by Gasteiger charge is -2.02. The molecule has 1 amide bonds. The Hall–Kier alpha value is -3.82. The number of aryl methyl sites for hydroxylation is 2. The highest BCUT2D eigenvalue weighted by atomic mass is 35.5. The molecule has 1 N–H and O–H groups in total. The van der Waals surface area contributed by atoms with E-state index in [4.69, 9.17) is 11.6 Å². The third-order valence-corrected chi connectivity index (χ3v) is 6.72. The number of nitrogens with zero attached hydrogens (tertiary/aromatic N) is 5. The normalized spacial score (nSPS) is 11.5. The number of halogens is 2. The molecule has 10 heteroatoms. The zero-order chi connectivity index (χ0) is 23.8. The summed E-state index contributed by atoms with van der Waals surface area (Å²) in [6.07, 6.45) is 1.45. The molecule has 0 radical (unpaired) electrons. The molecule has 5 aromatic rings. The lowest BCUT2D eigenvalue weighted by molar-refractivity contribution is 0.0959. The van der Waals surface area contributed by atoms with Gasteiger partial charge in [0.25, 0.3) is 5.91 Å². The molecule has 170 valence electrons. The van der Waals surface area contributed by atoms with Crippen molar-refractivity contribution in [3.8, 4) is 11.4 Å². The van der Waals surface area contributed by atoms with E-state index in [-0.39, 0.29) is 11.7 Å². The first-order valence-corrected chi connectivity index (χ1v) is 11.5. The number of benzene rings is 2. The summed E-state index contributed by atoms with van der Waals surface area (Å²) in [6.45, 7) is 3.69. The summed E-state index contributed by atoms with van der Waals surface area (Å²) in [5, 5.41) is 14.3. The van der Waals surface area contributed by atoms with E-state index < -0.39 is 0 Å². The third-order valence-electron chi connectivity index (χ3n) is 5.25. The summed E-state index contributed by atoms with van der Waals surface area (Å²) in [6, 6.07) is 17.4. The number of fused-ring (bicyclic) bond motifs is 1. The first kappa shape index (κ1) is 22.0. The number of carbonyl (C=O) groups excluding carboxylic acids is 1. The van der Waals surface area contributed by atoms with Crippen molar-refractivity contribution in [1.29, 1.82) is 0 Å². The van der Waals surface area contributed by atoms with Gasteiger partial charge in [-0.25, -0.2) is 19.2 Å². The van der Waals surface area contributed by atoms with Crippen LogP contribution in [0.15, 0.2) is 65.8 Å². The van der Waals surface area contributed by atoms with Gasteiger partial charge >= 0.3 is 0 Å². The summed E-state index contributed by atoms with van der Waals surface area (Å²) >= 11 is 7.81. The molecule has 0 saturated carbocycles. The molecule has 0 unspecified atom stereocenters. The van der Waals surface area contributed by atoms with Crippen LogP contribution in [-0.4, -0.2) is 31.7 Å². The van der Waals surface area contributed by atoms with Crippen molar-refractivity contribution in [1.82, 2.24) is 25.0 Å². The first-order valence-electron chi connectivity index (χ1n) is 10.3. The molecule has 0 saturated heterocycles. The lowest BCUT2D eigenvalue weighted by Crippen LogP contribution is -2.16. The van der Waals surface area contributed by atoms with Crippen LogP contribution in [0.25, 0.3) is 21.6 Å². The average Bonchev–Trinajstić information content (AvgIpc) is 3.49. The second kappa shape index (κ2) is 8.85. The maximum absolute atomic E-state index is 13.2. The molecule has 0 bridgehead atoms. The number of hydrogen-bond donors (Lipinski definition) is 1. The van der Waals surface area contributed by atoms with E-state index in [0.29, 0.717) is 27.0 Å². The highest BCUT2D eigenvalue weighted by molar-refractivity contribution is 7.20. The Kier molecular flexibility index (Phi) is 5.72. The zero-order valence-corrected chi connectivity index (χ0v) is 19.7. The Labute approximate surface area is 203 Å². The summed E-state index contributed by atoms with van der Waals surface area (Å²) in [7, 11) is 0. The van der Waals surface area contributed by atoms with Crippen molar-refractivity contribution in [2.45, 2.75) is 13.8 Å². The number of hydrogen-bond acceptors (Lipinski definition) is 5. The Bertz CT molecular complexity index is 1540. The standard InChI is InChI=1S/C24H18ClFN6OS/c1-14-19-12-21(34-24(19)32(30-14)17-6-4-3-5-7-17)23(33)28-27-13-20-15(2)29-31(22(20)25)18-10-8-16(26)9-11-18/h3-13H,1-2H3,(H,28,33)/b27-13+. The Morgan fingerprint density at radius 2 is 1.71 bits per heavy atom. The fraction of sp³-hybridized carbons (Fsp3) is 0.0833. The van der Waals surface area contributed by atoms with Gasteiger partial charge in [0.15, 0.2) is 0 Å². The molecule has 3 heterocycles. The largest absolute Gasteiger partial charge is 0.281 e. The zero-order valence-electron chi connectivity index (χ0n) is 18.2. The second-order valence-corrected chi connectivity index (χ2v) is 8.93. The van der Waals surface area contributed by atoms with Gasteiger partial charge in [0.2, 0.25) is 0 Å². The van der Waals surface area contributed by atoms with Crippen LogP contribution in [0.1, 0.15) is 26.6 Å². The minimum Gasteiger partial charge on any atom is -0.266 e. The molecule has 5 rings (SSSR count). The quantitative estimate of drug-likeness (QED) is 0.262. The van der Waals surface area contributed by atoms with E-state index in [2.05, 4.69) is 20.7 Å². The second-order valence-electron chi connectivity index (χ2n) is 7.54.